The molecule has 3 saturated carbocycles. The smallest absolute Gasteiger partial charge is 0.217 e. The molecular formula is C18H23NO3S. The van der Waals surface area contributed by atoms with Crippen molar-refractivity contribution in [2.45, 2.75) is 55.6 Å². The Kier molecular flexibility index (Phi) is 3.16. The van der Waals surface area contributed by atoms with Crippen molar-refractivity contribution in [3.63, 3.8) is 0 Å². The maximum atomic E-state index is 13.4. The first-order chi connectivity index (χ1) is 11.2. The summed E-state index contributed by atoms with van der Waals surface area (Å²) < 4.78 is 34.4. The van der Waals surface area contributed by atoms with E-state index in [4.69, 9.17) is 4.74 Å². The van der Waals surface area contributed by atoms with Crippen LogP contribution in [0.5, 0.6) is 0 Å². The van der Waals surface area contributed by atoms with Gasteiger partial charge in [0.25, 0.3) is 0 Å². The van der Waals surface area contributed by atoms with Crippen molar-refractivity contribution in [3.05, 3.63) is 35.9 Å². The Bertz CT molecular complexity index is 704. The largest absolute Gasteiger partial charge is 0.369 e. The van der Waals surface area contributed by atoms with Gasteiger partial charge in [0.15, 0.2) is 0 Å². The third-order valence-corrected chi connectivity index (χ3v) is 8.83. The fourth-order valence-electron chi connectivity index (χ4n) is 5.29. The van der Waals surface area contributed by atoms with Crippen LogP contribution in [0.25, 0.3) is 0 Å². The lowest BCUT2D eigenvalue weighted by Gasteiger charge is -2.41. The van der Waals surface area contributed by atoms with Gasteiger partial charge in [-0.25, -0.2) is 8.42 Å². The summed E-state index contributed by atoms with van der Waals surface area (Å²) in [5.41, 5.74) is 1.13. The Morgan fingerprint density at radius 1 is 1.04 bits per heavy atom. The van der Waals surface area contributed by atoms with Gasteiger partial charge in [-0.15, -0.1) is 0 Å². The van der Waals surface area contributed by atoms with Crippen LogP contribution < -0.4 is 0 Å². The molecule has 0 spiro atoms. The number of hydrogen-bond donors (Lipinski definition) is 0. The third-order valence-electron chi connectivity index (χ3n) is 6.43. The standard InChI is InChI=1S/C18H23NO3S/c20-23(21,16-11-13-8-9-14(16)18-17(13)22-18)19-10-4-7-15(19)12-5-2-1-3-6-12/h1-3,5-6,13-18H,4,7-11H2/t13-,14+,15?,16-,17-,18+/m1/s1. The van der Waals surface area contributed by atoms with E-state index < -0.39 is 10.0 Å². The van der Waals surface area contributed by atoms with Crippen LogP contribution in [0.15, 0.2) is 30.3 Å². The van der Waals surface area contributed by atoms with Crippen molar-refractivity contribution in [1.82, 2.24) is 4.31 Å². The molecule has 0 radical (unpaired) electrons. The molecule has 6 rings (SSSR count). The SMILES string of the molecule is O=S(=O)([C@@H]1C[C@H]2CC[C@@H]1[C@@H]1O[C@H]21)N1CCCC1c1ccccc1. The molecule has 4 nitrogen and oxygen atoms in total. The van der Waals surface area contributed by atoms with Gasteiger partial charge in [-0.05, 0) is 43.6 Å². The number of sulfonamides is 1. The zero-order valence-electron chi connectivity index (χ0n) is 13.2. The molecule has 0 N–H and O–H groups in total. The molecule has 3 aliphatic carbocycles. The average molecular weight is 333 g/mol. The van der Waals surface area contributed by atoms with Gasteiger partial charge >= 0.3 is 0 Å². The summed E-state index contributed by atoms with van der Waals surface area (Å²) in [5, 5.41) is -0.214. The second kappa shape index (κ2) is 5.04. The molecule has 2 saturated heterocycles. The Labute approximate surface area is 137 Å². The molecule has 5 fully saturated rings. The maximum absolute atomic E-state index is 13.4. The number of fused-ring (bicyclic) bond motifs is 2. The molecule has 5 heteroatoms. The van der Waals surface area contributed by atoms with E-state index in [-0.39, 0.29) is 23.3 Å². The molecule has 1 unspecified atom stereocenters. The molecule has 2 bridgehead atoms. The van der Waals surface area contributed by atoms with E-state index in [1.165, 1.54) is 0 Å². The monoisotopic (exact) mass is 333 g/mol. The highest BCUT2D eigenvalue weighted by atomic mass is 32.2. The van der Waals surface area contributed by atoms with Gasteiger partial charge in [0.05, 0.1) is 17.5 Å². The van der Waals surface area contributed by atoms with Crippen LogP contribution in [0.2, 0.25) is 0 Å². The topological polar surface area (TPSA) is 49.9 Å². The zero-order valence-corrected chi connectivity index (χ0v) is 14.0. The number of ether oxygens (including phenoxy) is 1. The molecule has 124 valence electrons. The van der Waals surface area contributed by atoms with E-state index in [0.29, 0.717) is 18.6 Å². The van der Waals surface area contributed by atoms with Crippen LogP contribution in [-0.4, -0.2) is 36.7 Å². The van der Waals surface area contributed by atoms with Crippen molar-refractivity contribution in [3.8, 4) is 0 Å². The first-order valence-electron chi connectivity index (χ1n) is 8.87. The molecule has 1 aromatic carbocycles. The first kappa shape index (κ1) is 14.4. The molecule has 23 heavy (non-hydrogen) atoms. The fraction of sp³-hybridized carbons (Fsp3) is 0.667. The van der Waals surface area contributed by atoms with Crippen LogP contribution in [0.1, 0.15) is 43.7 Å². The summed E-state index contributed by atoms with van der Waals surface area (Å²) in [7, 11) is -3.24. The van der Waals surface area contributed by atoms with Crippen LogP contribution in [0.3, 0.4) is 0 Å². The van der Waals surface area contributed by atoms with Crippen molar-refractivity contribution in [2.75, 3.05) is 6.54 Å². The molecule has 1 aromatic rings. The van der Waals surface area contributed by atoms with Gasteiger partial charge in [0, 0.05) is 18.5 Å². The van der Waals surface area contributed by atoms with Gasteiger partial charge in [-0.3, -0.25) is 0 Å². The van der Waals surface area contributed by atoms with Crippen molar-refractivity contribution < 1.29 is 13.2 Å². The number of epoxide rings is 1. The van der Waals surface area contributed by atoms with Crippen LogP contribution in [-0.2, 0) is 14.8 Å². The second-order valence-electron chi connectivity index (χ2n) is 7.57. The van der Waals surface area contributed by atoms with Crippen molar-refractivity contribution in [2.24, 2.45) is 11.8 Å². The van der Waals surface area contributed by atoms with Gasteiger partial charge in [-0.2, -0.15) is 4.31 Å². The minimum absolute atomic E-state index is 0.0255. The van der Waals surface area contributed by atoms with Gasteiger partial charge < -0.3 is 4.74 Å². The van der Waals surface area contributed by atoms with Crippen molar-refractivity contribution >= 4 is 10.0 Å². The van der Waals surface area contributed by atoms with E-state index >= 15 is 0 Å². The number of rotatable bonds is 3. The summed E-state index contributed by atoms with van der Waals surface area (Å²) in [6.45, 7) is 0.671. The lowest BCUT2D eigenvalue weighted by atomic mass is 9.70. The molecule has 6 atom stereocenters. The number of nitrogens with zero attached hydrogens (tertiary/aromatic N) is 1. The van der Waals surface area contributed by atoms with E-state index in [1.807, 2.05) is 22.5 Å². The van der Waals surface area contributed by atoms with Gasteiger partial charge in [0.1, 0.15) is 0 Å². The second-order valence-corrected chi connectivity index (χ2v) is 9.67. The van der Waals surface area contributed by atoms with Crippen LogP contribution in [0, 0.1) is 11.8 Å². The zero-order chi connectivity index (χ0) is 15.6. The lowest BCUT2D eigenvalue weighted by Crippen LogP contribution is -2.50. The summed E-state index contributed by atoms with van der Waals surface area (Å²) >= 11 is 0. The molecular weight excluding hydrogens is 310 g/mol. The van der Waals surface area contributed by atoms with E-state index in [0.717, 1.165) is 37.7 Å². The minimum Gasteiger partial charge on any atom is -0.369 e. The number of hydrogen-bond acceptors (Lipinski definition) is 3. The first-order valence-corrected chi connectivity index (χ1v) is 10.4. The van der Waals surface area contributed by atoms with Gasteiger partial charge in [-0.1, -0.05) is 30.3 Å². The highest BCUT2D eigenvalue weighted by Crippen LogP contribution is 2.55. The Balaban J connectivity index is 1.46. The normalized spacial score (nSPS) is 42.6. The fourth-order valence-corrected chi connectivity index (χ4v) is 7.82. The van der Waals surface area contributed by atoms with E-state index in [2.05, 4.69) is 12.1 Å². The van der Waals surface area contributed by atoms with Crippen LogP contribution in [0.4, 0.5) is 0 Å². The summed E-state index contributed by atoms with van der Waals surface area (Å²) in [4.78, 5) is 0. The quantitative estimate of drug-likeness (QED) is 0.799. The molecule has 5 aliphatic rings. The minimum atomic E-state index is -3.24. The Morgan fingerprint density at radius 2 is 1.87 bits per heavy atom. The third kappa shape index (κ3) is 2.13. The molecule has 0 aromatic heterocycles. The van der Waals surface area contributed by atoms with Crippen LogP contribution >= 0.6 is 0 Å². The summed E-state index contributed by atoms with van der Waals surface area (Å²) in [6.07, 6.45) is 5.50. The summed E-state index contributed by atoms with van der Waals surface area (Å²) in [5.74, 6) is 0.703. The van der Waals surface area contributed by atoms with Crippen molar-refractivity contribution in [1.29, 1.82) is 0 Å². The maximum Gasteiger partial charge on any atom is 0.217 e. The van der Waals surface area contributed by atoms with E-state index in [9.17, 15) is 8.42 Å². The summed E-state index contributed by atoms with van der Waals surface area (Å²) in [6, 6.07) is 10.1. The Morgan fingerprint density at radius 3 is 2.65 bits per heavy atom. The molecule has 2 heterocycles. The Hall–Kier alpha value is -0.910. The molecule has 0 amide bonds. The lowest BCUT2D eigenvalue weighted by molar-refractivity contribution is 0.213. The van der Waals surface area contributed by atoms with Gasteiger partial charge in [0.2, 0.25) is 10.0 Å². The number of benzene rings is 1. The molecule has 2 aliphatic heterocycles. The predicted octanol–water partition coefficient (Wildman–Crippen LogP) is 2.72. The highest BCUT2D eigenvalue weighted by molar-refractivity contribution is 7.89. The average Bonchev–Trinajstić information content (AvgIpc) is 3.27. The van der Waals surface area contributed by atoms with E-state index in [1.54, 1.807) is 0 Å². The highest BCUT2D eigenvalue weighted by Gasteiger charge is 2.62. The predicted molar refractivity (Wildman–Crippen MR) is 87.3 cm³/mol.